The Hall–Kier alpha value is -2.84. The van der Waals surface area contributed by atoms with Crippen molar-refractivity contribution in [3.63, 3.8) is 0 Å². The van der Waals surface area contributed by atoms with Gasteiger partial charge in [-0.05, 0) is 6.07 Å². The molecule has 0 N–H and O–H groups in total. The summed E-state index contributed by atoms with van der Waals surface area (Å²) in [6, 6.07) is 3.31. The molecule has 0 aliphatic rings. The van der Waals surface area contributed by atoms with Crippen molar-refractivity contribution in [3.05, 3.63) is 50.8 Å². The molecular formula is C8H5N5O4. The lowest BCUT2D eigenvalue weighted by molar-refractivity contribution is -0.394. The van der Waals surface area contributed by atoms with Crippen molar-refractivity contribution in [2.45, 2.75) is 0 Å². The Kier molecular flexibility index (Phi) is 2.49. The lowest BCUT2D eigenvalue weighted by Gasteiger charge is -2.01. The second-order valence-corrected chi connectivity index (χ2v) is 3.03. The van der Waals surface area contributed by atoms with Gasteiger partial charge in [0.2, 0.25) is 0 Å². The monoisotopic (exact) mass is 235 g/mol. The molecule has 1 heterocycles. The maximum Gasteiger partial charge on any atom is 0.301 e. The third-order valence-electron chi connectivity index (χ3n) is 2.04. The Balaban J connectivity index is 2.61. The molecule has 0 fully saturated rings. The number of nitrogens with zero attached hydrogens (tertiary/aromatic N) is 5. The maximum atomic E-state index is 10.8. The van der Waals surface area contributed by atoms with Gasteiger partial charge < -0.3 is 0 Å². The highest BCUT2D eigenvalue weighted by Crippen LogP contribution is 2.26. The molecule has 0 radical (unpaired) electrons. The first-order valence-corrected chi connectivity index (χ1v) is 4.39. The fourth-order valence-electron chi connectivity index (χ4n) is 1.30. The zero-order valence-electron chi connectivity index (χ0n) is 8.26. The van der Waals surface area contributed by atoms with E-state index in [0.717, 1.165) is 6.07 Å². The van der Waals surface area contributed by atoms with E-state index in [1.165, 1.54) is 29.2 Å². The number of benzene rings is 1. The first kappa shape index (κ1) is 10.7. The van der Waals surface area contributed by atoms with E-state index in [9.17, 15) is 20.2 Å². The number of nitro benzene ring substituents is 2. The number of hydrogen-bond donors (Lipinski definition) is 0. The highest BCUT2D eigenvalue weighted by molar-refractivity contribution is 5.57. The third kappa shape index (κ3) is 1.93. The summed E-state index contributed by atoms with van der Waals surface area (Å²) in [5.41, 5.74) is -0.622. The molecule has 0 amide bonds. The van der Waals surface area contributed by atoms with Crippen molar-refractivity contribution in [2.75, 3.05) is 0 Å². The fraction of sp³-hybridized carbons (Fsp3) is 0. The molecule has 0 spiro atoms. The molecule has 0 atom stereocenters. The fourth-order valence-corrected chi connectivity index (χ4v) is 1.30. The maximum absolute atomic E-state index is 10.8. The summed E-state index contributed by atoms with van der Waals surface area (Å²) in [5, 5.41) is 28.4. The van der Waals surface area contributed by atoms with Crippen LogP contribution in [0.4, 0.5) is 11.4 Å². The molecule has 0 aliphatic heterocycles. The van der Waals surface area contributed by atoms with Gasteiger partial charge in [-0.1, -0.05) is 5.21 Å². The van der Waals surface area contributed by atoms with Crippen molar-refractivity contribution in [3.8, 4) is 5.69 Å². The van der Waals surface area contributed by atoms with Crippen molar-refractivity contribution >= 4 is 11.4 Å². The van der Waals surface area contributed by atoms with E-state index in [2.05, 4.69) is 10.3 Å². The van der Waals surface area contributed by atoms with E-state index in [-0.39, 0.29) is 11.4 Å². The van der Waals surface area contributed by atoms with E-state index in [1.807, 2.05) is 0 Å². The molecule has 0 unspecified atom stereocenters. The van der Waals surface area contributed by atoms with Gasteiger partial charge in [0.25, 0.3) is 5.69 Å². The minimum Gasteiger partial charge on any atom is -0.258 e. The number of nitro groups is 2. The van der Waals surface area contributed by atoms with Gasteiger partial charge in [0.15, 0.2) is 0 Å². The Morgan fingerprint density at radius 1 is 1.18 bits per heavy atom. The molecule has 9 nitrogen and oxygen atoms in total. The zero-order valence-corrected chi connectivity index (χ0v) is 8.26. The number of aromatic nitrogens is 3. The predicted octanol–water partition coefficient (Wildman–Crippen LogP) is 1.08. The van der Waals surface area contributed by atoms with Gasteiger partial charge in [0.05, 0.1) is 28.3 Å². The van der Waals surface area contributed by atoms with Gasteiger partial charge in [-0.3, -0.25) is 20.2 Å². The Bertz CT molecular complexity index is 580. The van der Waals surface area contributed by atoms with Gasteiger partial charge >= 0.3 is 5.69 Å². The van der Waals surface area contributed by atoms with Crippen LogP contribution in [-0.2, 0) is 0 Å². The zero-order chi connectivity index (χ0) is 12.4. The molecular weight excluding hydrogens is 230 g/mol. The van der Waals surface area contributed by atoms with Gasteiger partial charge in [-0.25, -0.2) is 4.68 Å². The van der Waals surface area contributed by atoms with Gasteiger partial charge in [-0.15, -0.1) is 5.10 Å². The summed E-state index contributed by atoms with van der Waals surface area (Å²) in [6.07, 6.45) is 2.76. The minimum atomic E-state index is -0.704. The molecule has 17 heavy (non-hydrogen) atoms. The van der Waals surface area contributed by atoms with Crippen LogP contribution in [0.3, 0.4) is 0 Å². The molecule has 0 saturated heterocycles. The van der Waals surface area contributed by atoms with Gasteiger partial charge in [0.1, 0.15) is 5.69 Å². The van der Waals surface area contributed by atoms with Crippen LogP contribution in [0.2, 0.25) is 0 Å². The van der Waals surface area contributed by atoms with Crippen LogP contribution in [-0.4, -0.2) is 24.8 Å². The lowest BCUT2D eigenvalue weighted by atomic mass is 10.2. The van der Waals surface area contributed by atoms with E-state index in [0.29, 0.717) is 0 Å². The average molecular weight is 235 g/mol. The van der Waals surface area contributed by atoms with Crippen LogP contribution in [0.1, 0.15) is 0 Å². The third-order valence-corrected chi connectivity index (χ3v) is 2.04. The summed E-state index contributed by atoms with van der Waals surface area (Å²) in [7, 11) is 0. The average Bonchev–Trinajstić information content (AvgIpc) is 2.81. The smallest absolute Gasteiger partial charge is 0.258 e. The topological polar surface area (TPSA) is 117 Å². The number of rotatable bonds is 3. The summed E-state index contributed by atoms with van der Waals surface area (Å²) in [4.78, 5) is 19.9. The molecule has 1 aromatic carbocycles. The van der Waals surface area contributed by atoms with E-state index >= 15 is 0 Å². The van der Waals surface area contributed by atoms with Crippen LogP contribution in [0.25, 0.3) is 5.69 Å². The second kappa shape index (κ2) is 3.96. The van der Waals surface area contributed by atoms with Gasteiger partial charge in [-0.2, -0.15) is 0 Å². The second-order valence-electron chi connectivity index (χ2n) is 3.03. The minimum absolute atomic E-state index is 0.123. The summed E-state index contributed by atoms with van der Waals surface area (Å²) in [6.45, 7) is 0. The quantitative estimate of drug-likeness (QED) is 0.580. The molecule has 0 saturated carbocycles. The van der Waals surface area contributed by atoms with E-state index in [4.69, 9.17) is 0 Å². The summed E-state index contributed by atoms with van der Waals surface area (Å²) >= 11 is 0. The van der Waals surface area contributed by atoms with Crippen molar-refractivity contribution in [2.24, 2.45) is 0 Å². The summed E-state index contributed by atoms with van der Waals surface area (Å²) < 4.78 is 1.17. The molecule has 0 bridgehead atoms. The SMILES string of the molecule is O=[N+]([O-])c1ccc(-n2ccnn2)c([N+](=O)[O-])c1. The summed E-state index contributed by atoms with van der Waals surface area (Å²) in [5.74, 6) is 0. The Morgan fingerprint density at radius 2 is 1.94 bits per heavy atom. The van der Waals surface area contributed by atoms with Crippen molar-refractivity contribution in [1.82, 2.24) is 15.0 Å². The van der Waals surface area contributed by atoms with Crippen LogP contribution < -0.4 is 0 Å². The van der Waals surface area contributed by atoms with E-state index in [1.54, 1.807) is 0 Å². The molecule has 2 aromatic rings. The first-order valence-electron chi connectivity index (χ1n) is 4.39. The molecule has 1 aromatic heterocycles. The van der Waals surface area contributed by atoms with Crippen LogP contribution in [0, 0.1) is 20.2 Å². The standard InChI is InChI=1S/C8H5N5O4/c14-12(15)6-1-2-7(8(5-6)13(16)17)11-4-3-9-10-11/h1-5H. The molecule has 9 heteroatoms. The molecule has 0 aliphatic carbocycles. The molecule has 2 rings (SSSR count). The lowest BCUT2D eigenvalue weighted by Crippen LogP contribution is -2.02. The highest BCUT2D eigenvalue weighted by atomic mass is 16.6. The Morgan fingerprint density at radius 3 is 2.47 bits per heavy atom. The number of hydrogen-bond acceptors (Lipinski definition) is 6. The van der Waals surface area contributed by atoms with E-state index < -0.39 is 15.5 Å². The number of non-ortho nitro benzene ring substituents is 1. The predicted molar refractivity (Wildman–Crippen MR) is 54.7 cm³/mol. The van der Waals surface area contributed by atoms with Gasteiger partial charge in [0, 0.05) is 6.07 Å². The van der Waals surface area contributed by atoms with Crippen LogP contribution in [0.15, 0.2) is 30.6 Å². The van der Waals surface area contributed by atoms with Crippen LogP contribution in [0.5, 0.6) is 0 Å². The highest BCUT2D eigenvalue weighted by Gasteiger charge is 2.20. The van der Waals surface area contributed by atoms with Crippen molar-refractivity contribution in [1.29, 1.82) is 0 Å². The van der Waals surface area contributed by atoms with Crippen molar-refractivity contribution < 1.29 is 9.85 Å². The molecule has 86 valence electrons. The Labute approximate surface area is 93.6 Å². The normalized spacial score (nSPS) is 10.1. The van der Waals surface area contributed by atoms with Crippen LogP contribution >= 0.6 is 0 Å². The first-order chi connectivity index (χ1) is 8.09. The largest absolute Gasteiger partial charge is 0.301 e.